The molecule has 0 bridgehead atoms. The number of nitrogens with two attached hydrogens (primary N) is 1. The Kier molecular flexibility index (Phi) is 5.36. The molecule has 1 aliphatic rings. The largest absolute Gasteiger partial charge is 0.469 e. The summed E-state index contributed by atoms with van der Waals surface area (Å²) < 4.78 is 16.0. The van der Waals surface area contributed by atoms with Crippen molar-refractivity contribution >= 4 is 5.97 Å². The van der Waals surface area contributed by atoms with Gasteiger partial charge in [-0.2, -0.15) is 0 Å². The van der Waals surface area contributed by atoms with E-state index in [1.54, 1.807) is 0 Å². The lowest BCUT2D eigenvalue weighted by molar-refractivity contribution is -0.146. The summed E-state index contributed by atoms with van der Waals surface area (Å²) in [4.78, 5) is 10.9. The van der Waals surface area contributed by atoms with Gasteiger partial charge in [0.05, 0.1) is 19.3 Å². The van der Waals surface area contributed by atoms with Crippen LogP contribution in [0.4, 0.5) is 0 Å². The maximum Gasteiger partial charge on any atom is 0.305 e. The van der Waals surface area contributed by atoms with Crippen molar-refractivity contribution in [2.75, 3.05) is 13.7 Å². The summed E-state index contributed by atoms with van der Waals surface area (Å²) in [6.45, 7) is 4.25. The second-order valence-corrected chi connectivity index (χ2v) is 4.77. The Morgan fingerprint density at radius 3 is 2.53 bits per heavy atom. The molecule has 1 aliphatic heterocycles. The van der Waals surface area contributed by atoms with E-state index in [-0.39, 0.29) is 18.2 Å². The van der Waals surface area contributed by atoms with Crippen molar-refractivity contribution < 1.29 is 19.0 Å². The summed E-state index contributed by atoms with van der Waals surface area (Å²) in [5.74, 6) is -0.707. The van der Waals surface area contributed by atoms with Gasteiger partial charge in [-0.05, 0) is 26.7 Å². The van der Waals surface area contributed by atoms with E-state index in [1.807, 2.05) is 13.8 Å². The Bertz CT molecular complexity index is 255. The molecule has 0 aromatic carbocycles. The predicted molar refractivity (Wildman–Crippen MR) is 63.4 cm³/mol. The van der Waals surface area contributed by atoms with E-state index in [2.05, 4.69) is 4.74 Å². The lowest BCUT2D eigenvalue weighted by Crippen LogP contribution is -2.30. The highest BCUT2D eigenvalue weighted by atomic mass is 16.7. The average Bonchev–Trinajstić information content (AvgIpc) is 2.59. The van der Waals surface area contributed by atoms with E-state index in [0.29, 0.717) is 13.0 Å². The fourth-order valence-electron chi connectivity index (χ4n) is 2.07. The molecular formula is C12H23NO4. The average molecular weight is 245 g/mol. The molecule has 1 fully saturated rings. The van der Waals surface area contributed by atoms with E-state index in [1.165, 1.54) is 7.11 Å². The maximum absolute atomic E-state index is 10.9. The number of hydrogen-bond donors (Lipinski definition) is 1. The number of hydrogen-bond acceptors (Lipinski definition) is 5. The third-order valence-corrected chi connectivity index (χ3v) is 2.86. The molecule has 5 heteroatoms. The third kappa shape index (κ3) is 4.61. The first-order chi connectivity index (χ1) is 7.98. The highest BCUT2D eigenvalue weighted by Gasteiger charge is 2.39. The van der Waals surface area contributed by atoms with Crippen LogP contribution in [0.1, 0.15) is 39.5 Å². The SMILES string of the molecule is COC(=O)CCCCC1OC(C)(C)OC1CN. The molecule has 0 spiro atoms. The zero-order valence-corrected chi connectivity index (χ0v) is 10.9. The summed E-state index contributed by atoms with van der Waals surface area (Å²) in [6, 6.07) is 0. The van der Waals surface area contributed by atoms with Crippen LogP contribution in [0.5, 0.6) is 0 Å². The first-order valence-electron chi connectivity index (χ1n) is 6.11. The zero-order chi connectivity index (χ0) is 12.9. The monoisotopic (exact) mass is 245 g/mol. The summed E-state index contributed by atoms with van der Waals surface area (Å²) in [6.07, 6.45) is 3.04. The van der Waals surface area contributed by atoms with Crippen LogP contribution < -0.4 is 5.73 Å². The number of carbonyl (C=O) groups is 1. The van der Waals surface area contributed by atoms with Crippen LogP contribution in [0.25, 0.3) is 0 Å². The van der Waals surface area contributed by atoms with E-state index in [9.17, 15) is 4.79 Å². The Morgan fingerprint density at radius 2 is 1.94 bits per heavy atom. The maximum atomic E-state index is 10.9. The molecule has 1 saturated heterocycles. The number of ether oxygens (including phenoxy) is 3. The van der Waals surface area contributed by atoms with Crippen LogP contribution in [0.3, 0.4) is 0 Å². The molecule has 5 nitrogen and oxygen atoms in total. The lowest BCUT2D eigenvalue weighted by Gasteiger charge is -2.16. The predicted octanol–water partition coefficient (Wildman–Crippen LogP) is 1.20. The van der Waals surface area contributed by atoms with Gasteiger partial charge in [-0.1, -0.05) is 6.42 Å². The molecule has 0 aromatic heterocycles. The number of carbonyl (C=O) groups excluding carboxylic acids is 1. The highest BCUT2D eigenvalue weighted by Crippen LogP contribution is 2.30. The molecule has 2 N–H and O–H groups in total. The molecule has 1 heterocycles. The van der Waals surface area contributed by atoms with Gasteiger partial charge in [0.15, 0.2) is 5.79 Å². The van der Waals surface area contributed by atoms with Crippen molar-refractivity contribution in [2.24, 2.45) is 5.73 Å². The molecule has 0 radical (unpaired) electrons. The standard InChI is InChI=1S/C12H23NO4/c1-12(2)16-9(10(8-13)17-12)6-4-5-7-11(14)15-3/h9-10H,4-8,13H2,1-3H3. The second kappa shape index (κ2) is 6.33. The van der Waals surface area contributed by atoms with Gasteiger partial charge in [0.1, 0.15) is 0 Å². The molecule has 2 atom stereocenters. The van der Waals surface area contributed by atoms with Gasteiger partial charge in [-0.15, -0.1) is 0 Å². The van der Waals surface area contributed by atoms with Gasteiger partial charge in [0.2, 0.25) is 0 Å². The van der Waals surface area contributed by atoms with Crippen molar-refractivity contribution in [1.82, 2.24) is 0 Å². The van der Waals surface area contributed by atoms with Gasteiger partial charge < -0.3 is 19.9 Å². The Labute approximate surface area is 103 Å². The van der Waals surface area contributed by atoms with Crippen LogP contribution in [-0.2, 0) is 19.0 Å². The van der Waals surface area contributed by atoms with Crippen LogP contribution in [-0.4, -0.2) is 37.6 Å². The number of unbranched alkanes of at least 4 members (excludes halogenated alkanes) is 1. The lowest BCUT2D eigenvalue weighted by atomic mass is 10.1. The van der Waals surface area contributed by atoms with Crippen LogP contribution in [0.15, 0.2) is 0 Å². The fraction of sp³-hybridized carbons (Fsp3) is 0.917. The minimum absolute atomic E-state index is 0.0349. The van der Waals surface area contributed by atoms with E-state index >= 15 is 0 Å². The molecule has 0 amide bonds. The van der Waals surface area contributed by atoms with Gasteiger partial charge in [0, 0.05) is 13.0 Å². The van der Waals surface area contributed by atoms with Crippen LogP contribution in [0, 0.1) is 0 Å². The Balaban J connectivity index is 2.24. The van der Waals surface area contributed by atoms with Crippen LogP contribution >= 0.6 is 0 Å². The van der Waals surface area contributed by atoms with Gasteiger partial charge in [-0.3, -0.25) is 4.79 Å². The molecule has 17 heavy (non-hydrogen) atoms. The van der Waals surface area contributed by atoms with Crippen molar-refractivity contribution in [3.05, 3.63) is 0 Å². The molecule has 100 valence electrons. The number of methoxy groups -OCH3 is 1. The van der Waals surface area contributed by atoms with E-state index < -0.39 is 5.79 Å². The topological polar surface area (TPSA) is 70.8 Å². The zero-order valence-electron chi connectivity index (χ0n) is 10.9. The minimum atomic E-state index is -0.545. The molecular weight excluding hydrogens is 222 g/mol. The summed E-state index contributed by atoms with van der Waals surface area (Å²) >= 11 is 0. The summed E-state index contributed by atoms with van der Waals surface area (Å²) in [5, 5.41) is 0. The molecule has 1 rings (SSSR count). The third-order valence-electron chi connectivity index (χ3n) is 2.86. The summed E-state index contributed by atoms with van der Waals surface area (Å²) in [5.41, 5.74) is 5.64. The van der Waals surface area contributed by atoms with Crippen molar-refractivity contribution in [1.29, 1.82) is 0 Å². The van der Waals surface area contributed by atoms with Crippen LogP contribution in [0.2, 0.25) is 0 Å². The molecule has 0 aliphatic carbocycles. The normalized spacial score (nSPS) is 27.1. The van der Waals surface area contributed by atoms with Gasteiger partial charge >= 0.3 is 5.97 Å². The number of rotatable bonds is 6. The number of esters is 1. The van der Waals surface area contributed by atoms with Crippen molar-refractivity contribution in [3.63, 3.8) is 0 Å². The summed E-state index contributed by atoms with van der Waals surface area (Å²) in [7, 11) is 1.41. The quantitative estimate of drug-likeness (QED) is 0.562. The smallest absolute Gasteiger partial charge is 0.305 e. The first kappa shape index (κ1) is 14.4. The molecule has 2 unspecified atom stereocenters. The molecule has 0 aromatic rings. The fourth-order valence-corrected chi connectivity index (χ4v) is 2.07. The second-order valence-electron chi connectivity index (χ2n) is 4.77. The minimum Gasteiger partial charge on any atom is -0.469 e. The van der Waals surface area contributed by atoms with E-state index in [4.69, 9.17) is 15.2 Å². The Hall–Kier alpha value is -0.650. The van der Waals surface area contributed by atoms with Crippen molar-refractivity contribution in [3.8, 4) is 0 Å². The van der Waals surface area contributed by atoms with Gasteiger partial charge in [0.25, 0.3) is 0 Å². The Morgan fingerprint density at radius 1 is 1.29 bits per heavy atom. The van der Waals surface area contributed by atoms with Gasteiger partial charge in [-0.25, -0.2) is 0 Å². The van der Waals surface area contributed by atoms with E-state index in [0.717, 1.165) is 19.3 Å². The highest BCUT2D eigenvalue weighted by molar-refractivity contribution is 5.68. The molecule has 0 saturated carbocycles. The first-order valence-corrected chi connectivity index (χ1v) is 6.11. The van der Waals surface area contributed by atoms with Crippen molar-refractivity contribution in [2.45, 2.75) is 57.5 Å².